The van der Waals surface area contributed by atoms with Crippen molar-refractivity contribution in [3.05, 3.63) is 39.9 Å². The van der Waals surface area contributed by atoms with Crippen LogP contribution in [0.5, 0.6) is 0 Å². The Balaban J connectivity index is 2.77. The van der Waals surface area contributed by atoms with E-state index in [0.29, 0.717) is 12.2 Å². The molecule has 0 unspecified atom stereocenters. The number of carbonyl (C=O) groups is 1. The first-order valence-electron chi connectivity index (χ1n) is 5.62. The lowest BCUT2D eigenvalue weighted by Crippen LogP contribution is -2.26. The minimum Gasteiger partial charge on any atom is -0.479 e. The fourth-order valence-corrected chi connectivity index (χ4v) is 1.49. The van der Waals surface area contributed by atoms with Crippen LogP contribution in [0.25, 0.3) is 0 Å². The number of nitro groups is 1. The summed E-state index contributed by atoms with van der Waals surface area (Å²) in [4.78, 5) is 21.1. The predicted molar refractivity (Wildman–Crippen MR) is 64.5 cm³/mol. The van der Waals surface area contributed by atoms with Crippen LogP contribution < -0.4 is 0 Å². The Bertz CT molecular complexity index is 432. The van der Waals surface area contributed by atoms with Crippen LogP contribution in [-0.4, -0.2) is 28.7 Å². The molecular weight excluding hydrogens is 238 g/mol. The topological polar surface area (TPSA) is 89.7 Å². The van der Waals surface area contributed by atoms with Gasteiger partial charge in [0, 0.05) is 25.2 Å². The van der Waals surface area contributed by atoms with Crippen molar-refractivity contribution in [1.82, 2.24) is 0 Å². The number of hydrogen-bond donors (Lipinski definition) is 1. The van der Waals surface area contributed by atoms with Crippen LogP contribution in [0.4, 0.5) is 5.69 Å². The molecule has 0 spiro atoms. The van der Waals surface area contributed by atoms with E-state index in [1.54, 1.807) is 6.07 Å². The van der Waals surface area contributed by atoms with Crippen LogP contribution in [0.1, 0.15) is 18.9 Å². The van der Waals surface area contributed by atoms with Gasteiger partial charge in [0.15, 0.2) is 6.10 Å². The molecule has 0 amide bonds. The molecule has 1 aromatic carbocycles. The number of nitro benzene ring substituents is 1. The Hall–Kier alpha value is -1.95. The fraction of sp³-hybridized carbons (Fsp3) is 0.417. The summed E-state index contributed by atoms with van der Waals surface area (Å²) in [5, 5.41) is 19.6. The van der Waals surface area contributed by atoms with Gasteiger partial charge in [-0.15, -0.1) is 0 Å². The summed E-state index contributed by atoms with van der Waals surface area (Å²) in [6.45, 7) is 2.23. The van der Waals surface area contributed by atoms with Crippen molar-refractivity contribution in [3.63, 3.8) is 0 Å². The summed E-state index contributed by atoms with van der Waals surface area (Å²) in [5.74, 6) is -1.06. The first-order chi connectivity index (χ1) is 8.54. The lowest BCUT2D eigenvalue weighted by Gasteiger charge is -2.12. The summed E-state index contributed by atoms with van der Waals surface area (Å²) in [6.07, 6.45) is -0.123. The molecule has 6 nitrogen and oxygen atoms in total. The van der Waals surface area contributed by atoms with Crippen LogP contribution in [0.3, 0.4) is 0 Å². The number of ether oxygens (including phenoxy) is 1. The molecule has 0 saturated heterocycles. The van der Waals surface area contributed by atoms with Gasteiger partial charge in [0.25, 0.3) is 5.69 Å². The number of rotatable bonds is 7. The van der Waals surface area contributed by atoms with E-state index in [2.05, 4.69) is 0 Å². The zero-order valence-electron chi connectivity index (χ0n) is 10.0. The molecule has 6 heteroatoms. The SMILES string of the molecule is CCCO[C@@H](Cc1cccc([N+](=O)[O-])c1)C(=O)O. The van der Waals surface area contributed by atoms with Gasteiger partial charge in [0.05, 0.1) is 4.92 Å². The Morgan fingerprint density at radius 3 is 2.83 bits per heavy atom. The minimum atomic E-state index is -1.06. The van der Waals surface area contributed by atoms with Gasteiger partial charge < -0.3 is 9.84 Å². The third-order valence-corrected chi connectivity index (χ3v) is 2.34. The van der Waals surface area contributed by atoms with E-state index in [0.717, 1.165) is 6.42 Å². The molecule has 1 rings (SSSR count). The number of nitrogens with zero attached hydrogens (tertiary/aromatic N) is 1. The summed E-state index contributed by atoms with van der Waals surface area (Å²) in [5.41, 5.74) is 0.528. The predicted octanol–water partition coefficient (Wildman–Crippen LogP) is 2.02. The van der Waals surface area contributed by atoms with E-state index >= 15 is 0 Å². The first kappa shape index (κ1) is 14.1. The number of carboxylic acids is 1. The lowest BCUT2D eigenvalue weighted by atomic mass is 10.1. The van der Waals surface area contributed by atoms with Gasteiger partial charge >= 0.3 is 5.97 Å². The number of non-ortho nitro benzene ring substituents is 1. The van der Waals surface area contributed by atoms with E-state index < -0.39 is 17.0 Å². The van der Waals surface area contributed by atoms with Crippen molar-refractivity contribution in [2.24, 2.45) is 0 Å². The molecule has 0 fully saturated rings. The Kier molecular flexibility index (Phi) is 5.26. The van der Waals surface area contributed by atoms with Crippen LogP contribution in [0, 0.1) is 10.1 Å². The maximum Gasteiger partial charge on any atom is 0.333 e. The largest absolute Gasteiger partial charge is 0.479 e. The Morgan fingerprint density at radius 1 is 1.56 bits per heavy atom. The average Bonchev–Trinajstić information content (AvgIpc) is 2.34. The molecule has 0 heterocycles. The van der Waals surface area contributed by atoms with E-state index in [-0.39, 0.29) is 12.1 Å². The summed E-state index contributed by atoms with van der Waals surface area (Å²) >= 11 is 0. The maximum atomic E-state index is 11.0. The van der Waals surface area contributed by atoms with Crippen molar-refractivity contribution in [3.8, 4) is 0 Å². The van der Waals surface area contributed by atoms with Gasteiger partial charge in [-0.25, -0.2) is 4.79 Å². The lowest BCUT2D eigenvalue weighted by molar-refractivity contribution is -0.384. The van der Waals surface area contributed by atoms with Crippen molar-refractivity contribution in [2.75, 3.05) is 6.61 Å². The highest BCUT2D eigenvalue weighted by Crippen LogP contribution is 2.15. The monoisotopic (exact) mass is 253 g/mol. The van der Waals surface area contributed by atoms with E-state index in [9.17, 15) is 14.9 Å². The molecule has 98 valence electrons. The molecule has 1 N–H and O–H groups in total. The van der Waals surface area contributed by atoms with Crippen LogP contribution in [0.2, 0.25) is 0 Å². The zero-order valence-corrected chi connectivity index (χ0v) is 10.0. The molecule has 0 aliphatic carbocycles. The van der Waals surface area contributed by atoms with E-state index in [1.807, 2.05) is 6.92 Å². The van der Waals surface area contributed by atoms with Crippen molar-refractivity contribution in [2.45, 2.75) is 25.9 Å². The number of aliphatic carboxylic acids is 1. The quantitative estimate of drug-likeness (QED) is 0.593. The highest BCUT2D eigenvalue weighted by Gasteiger charge is 2.19. The summed E-state index contributed by atoms with van der Waals surface area (Å²) in [6, 6.07) is 5.92. The first-order valence-corrected chi connectivity index (χ1v) is 5.62. The van der Waals surface area contributed by atoms with Crippen molar-refractivity contribution in [1.29, 1.82) is 0 Å². The van der Waals surface area contributed by atoms with E-state index in [1.165, 1.54) is 18.2 Å². The number of benzene rings is 1. The molecule has 1 aromatic rings. The van der Waals surface area contributed by atoms with Crippen LogP contribution >= 0.6 is 0 Å². The molecule has 1 atom stereocenters. The van der Waals surface area contributed by atoms with Crippen molar-refractivity contribution >= 4 is 11.7 Å². The highest BCUT2D eigenvalue weighted by atomic mass is 16.6. The zero-order chi connectivity index (χ0) is 13.5. The fourth-order valence-electron chi connectivity index (χ4n) is 1.49. The second-order valence-corrected chi connectivity index (χ2v) is 3.83. The number of carboxylic acid groups (broad SMARTS) is 1. The summed E-state index contributed by atoms with van der Waals surface area (Å²) in [7, 11) is 0. The van der Waals surface area contributed by atoms with E-state index in [4.69, 9.17) is 9.84 Å². The second kappa shape index (κ2) is 6.70. The average molecular weight is 253 g/mol. The molecular formula is C12H15NO5. The van der Waals surface area contributed by atoms with Gasteiger partial charge in [0.1, 0.15) is 0 Å². The maximum absolute atomic E-state index is 11.0. The molecule has 0 bridgehead atoms. The smallest absolute Gasteiger partial charge is 0.333 e. The van der Waals surface area contributed by atoms with Gasteiger partial charge in [-0.3, -0.25) is 10.1 Å². The standard InChI is InChI=1S/C12H15NO5/c1-2-6-18-11(12(14)15)8-9-4-3-5-10(7-9)13(16)17/h3-5,7,11H,2,6,8H2,1H3,(H,14,15)/t11-/m0/s1. The number of hydrogen-bond acceptors (Lipinski definition) is 4. The molecule has 0 radical (unpaired) electrons. The molecule has 0 aliphatic heterocycles. The van der Waals surface area contributed by atoms with Crippen LogP contribution in [-0.2, 0) is 16.0 Å². The third-order valence-electron chi connectivity index (χ3n) is 2.34. The molecule has 18 heavy (non-hydrogen) atoms. The Labute approximate surface area is 104 Å². The van der Waals surface area contributed by atoms with Gasteiger partial charge in [-0.1, -0.05) is 19.1 Å². The Morgan fingerprint density at radius 2 is 2.28 bits per heavy atom. The van der Waals surface area contributed by atoms with Gasteiger partial charge in [-0.05, 0) is 12.0 Å². The third kappa shape index (κ3) is 4.14. The molecule has 0 aromatic heterocycles. The second-order valence-electron chi connectivity index (χ2n) is 3.83. The minimum absolute atomic E-state index is 0.0490. The highest BCUT2D eigenvalue weighted by molar-refractivity contribution is 5.72. The van der Waals surface area contributed by atoms with Crippen LogP contribution in [0.15, 0.2) is 24.3 Å². The summed E-state index contributed by atoms with van der Waals surface area (Å²) < 4.78 is 5.19. The van der Waals surface area contributed by atoms with Crippen molar-refractivity contribution < 1.29 is 19.6 Å². The molecule has 0 aliphatic rings. The molecule has 0 saturated carbocycles. The van der Waals surface area contributed by atoms with Gasteiger partial charge in [-0.2, -0.15) is 0 Å². The normalized spacial score (nSPS) is 12.1. The van der Waals surface area contributed by atoms with Gasteiger partial charge in [0.2, 0.25) is 0 Å².